The molecule has 3 rings (SSSR count). The van der Waals surface area contributed by atoms with E-state index in [0.29, 0.717) is 12.0 Å². The Labute approximate surface area is 184 Å². The number of aromatic nitrogens is 1. The molecule has 1 atom stereocenters. The van der Waals surface area contributed by atoms with Crippen LogP contribution in [-0.2, 0) is 33.7 Å². The van der Waals surface area contributed by atoms with Gasteiger partial charge in [0.2, 0.25) is 0 Å². The van der Waals surface area contributed by atoms with E-state index < -0.39 is 12.0 Å². The van der Waals surface area contributed by atoms with E-state index in [4.69, 9.17) is 9.47 Å². The van der Waals surface area contributed by atoms with Crippen molar-refractivity contribution in [2.45, 2.75) is 39.3 Å². The zero-order valence-electron chi connectivity index (χ0n) is 18.7. The van der Waals surface area contributed by atoms with Crippen LogP contribution in [0.5, 0.6) is 0 Å². The van der Waals surface area contributed by atoms with Crippen LogP contribution >= 0.6 is 0 Å². The van der Waals surface area contributed by atoms with E-state index in [0.717, 1.165) is 62.8 Å². The number of amides is 1. The summed E-state index contributed by atoms with van der Waals surface area (Å²) in [6, 6.07) is 10.8. The van der Waals surface area contributed by atoms with Crippen molar-refractivity contribution in [3.8, 4) is 0 Å². The predicted molar refractivity (Wildman–Crippen MR) is 119 cm³/mol. The monoisotopic (exact) mass is 427 g/mol. The van der Waals surface area contributed by atoms with Gasteiger partial charge in [-0.1, -0.05) is 37.3 Å². The smallest absolute Gasteiger partial charge is 0.328 e. The Morgan fingerprint density at radius 1 is 1.16 bits per heavy atom. The summed E-state index contributed by atoms with van der Waals surface area (Å²) in [5, 5.41) is 2.89. The van der Waals surface area contributed by atoms with E-state index in [2.05, 4.69) is 21.7 Å². The van der Waals surface area contributed by atoms with Gasteiger partial charge in [-0.05, 0) is 25.0 Å². The molecule has 1 amide bonds. The van der Waals surface area contributed by atoms with Crippen LogP contribution in [0.4, 0.5) is 0 Å². The van der Waals surface area contributed by atoms with E-state index in [1.807, 2.05) is 43.3 Å². The Balaban J connectivity index is 1.73. The fraction of sp³-hybridized carbons (Fsp3) is 0.500. The number of benzene rings is 1. The summed E-state index contributed by atoms with van der Waals surface area (Å²) < 4.78 is 12.6. The minimum absolute atomic E-state index is 0.247. The molecule has 1 aromatic carbocycles. The SMILES string of the molecule is CCc1cc(C(=O)NC(Cc2ccccc2)C(=O)OC)c(C)n1CCN1CCOCC1. The van der Waals surface area contributed by atoms with Crippen molar-refractivity contribution in [1.29, 1.82) is 0 Å². The second-order valence-electron chi connectivity index (χ2n) is 7.83. The highest BCUT2D eigenvalue weighted by atomic mass is 16.5. The first-order valence-electron chi connectivity index (χ1n) is 10.9. The molecule has 0 bridgehead atoms. The van der Waals surface area contributed by atoms with Crippen molar-refractivity contribution in [2.75, 3.05) is 40.0 Å². The van der Waals surface area contributed by atoms with Gasteiger partial charge >= 0.3 is 5.97 Å². The van der Waals surface area contributed by atoms with Gasteiger partial charge in [-0.25, -0.2) is 4.79 Å². The first kappa shape index (κ1) is 23.0. The van der Waals surface area contributed by atoms with Crippen LogP contribution in [0.15, 0.2) is 36.4 Å². The maximum Gasteiger partial charge on any atom is 0.328 e. The molecule has 0 aliphatic carbocycles. The summed E-state index contributed by atoms with van der Waals surface area (Å²) in [6.07, 6.45) is 1.22. The van der Waals surface area contributed by atoms with Crippen LogP contribution in [0.2, 0.25) is 0 Å². The van der Waals surface area contributed by atoms with Gasteiger partial charge in [-0.3, -0.25) is 9.69 Å². The zero-order valence-corrected chi connectivity index (χ0v) is 18.7. The van der Waals surface area contributed by atoms with E-state index in [1.54, 1.807) is 0 Å². The average Bonchev–Trinajstić information content (AvgIpc) is 3.13. The van der Waals surface area contributed by atoms with Gasteiger partial charge in [0, 0.05) is 44.0 Å². The molecule has 168 valence electrons. The molecule has 0 radical (unpaired) electrons. The van der Waals surface area contributed by atoms with Crippen molar-refractivity contribution >= 4 is 11.9 Å². The quantitative estimate of drug-likeness (QED) is 0.621. The number of hydrogen-bond acceptors (Lipinski definition) is 5. The van der Waals surface area contributed by atoms with Crippen LogP contribution < -0.4 is 5.32 Å². The number of hydrogen-bond donors (Lipinski definition) is 1. The van der Waals surface area contributed by atoms with Crippen molar-refractivity contribution < 1.29 is 19.1 Å². The Morgan fingerprint density at radius 2 is 1.87 bits per heavy atom. The second-order valence-corrected chi connectivity index (χ2v) is 7.83. The van der Waals surface area contributed by atoms with E-state index in [-0.39, 0.29) is 5.91 Å². The lowest BCUT2D eigenvalue weighted by Crippen LogP contribution is -2.43. The van der Waals surface area contributed by atoms with Crippen LogP contribution in [-0.4, -0.2) is 67.3 Å². The van der Waals surface area contributed by atoms with Crippen molar-refractivity contribution in [2.24, 2.45) is 0 Å². The largest absolute Gasteiger partial charge is 0.467 e. The molecule has 1 N–H and O–H groups in total. The number of methoxy groups -OCH3 is 1. The highest BCUT2D eigenvalue weighted by Gasteiger charge is 2.25. The summed E-state index contributed by atoms with van der Waals surface area (Å²) in [5.41, 5.74) is 3.62. The van der Waals surface area contributed by atoms with E-state index in [9.17, 15) is 9.59 Å². The van der Waals surface area contributed by atoms with Crippen molar-refractivity contribution in [3.63, 3.8) is 0 Å². The number of carbonyl (C=O) groups excluding carboxylic acids is 2. The first-order chi connectivity index (χ1) is 15.0. The van der Waals surface area contributed by atoms with Crippen molar-refractivity contribution in [3.05, 3.63) is 58.9 Å². The minimum atomic E-state index is -0.735. The normalized spacial score (nSPS) is 15.5. The van der Waals surface area contributed by atoms with E-state index in [1.165, 1.54) is 7.11 Å². The van der Waals surface area contributed by atoms with Gasteiger partial charge in [0.05, 0.1) is 25.9 Å². The summed E-state index contributed by atoms with van der Waals surface area (Å²) in [6.45, 7) is 9.24. The number of aryl methyl sites for hydroxylation is 1. The first-order valence-corrected chi connectivity index (χ1v) is 10.9. The molecule has 1 aliphatic heterocycles. The van der Waals surface area contributed by atoms with Crippen LogP contribution in [0, 0.1) is 6.92 Å². The Bertz CT molecular complexity index is 872. The third kappa shape index (κ3) is 5.95. The highest BCUT2D eigenvalue weighted by molar-refractivity contribution is 5.98. The molecule has 1 unspecified atom stereocenters. The fourth-order valence-electron chi connectivity index (χ4n) is 4.03. The molecule has 0 spiro atoms. The third-order valence-corrected chi connectivity index (χ3v) is 5.88. The summed E-state index contributed by atoms with van der Waals surface area (Å²) >= 11 is 0. The third-order valence-electron chi connectivity index (χ3n) is 5.88. The Hall–Kier alpha value is -2.64. The standard InChI is InChI=1S/C24H33N3O4/c1-4-20-17-21(18(2)27(20)11-10-26-12-14-31-15-13-26)23(28)25-22(24(29)30-3)16-19-8-6-5-7-9-19/h5-9,17,22H,4,10-16H2,1-3H3,(H,25,28). The molecule has 1 aliphatic rings. The molecule has 1 saturated heterocycles. The molecule has 0 saturated carbocycles. The number of nitrogens with one attached hydrogen (secondary N) is 1. The number of rotatable bonds is 9. The van der Waals surface area contributed by atoms with Gasteiger partial charge in [-0.2, -0.15) is 0 Å². The van der Waals surface area contributed by atoms with Gasteiger partial charge in [-0.15, -0.1) is 0 Å². The molecule has 2 aromatic rings. The van der Waals surface area contributed by atoms with Crippen LogP contribution in [0.25, 0.3) is 0 Å². The Morgan fingerprint density at radius 3 is 2.52 bits per heavy atom. The molecular formula is C24H33N3O4. The molecule has 7 heteroatoms. The van der Waals surface area contributed by atoms with Gasteiger partial charge in [0.15, 0.2) is 0 Å². The minimum Gasteiger partial charge on any atom is -0.467 e. The number of nitrogens with zero attached hydrogens (tertiary/aromatic N) is 2. The number of ether oxygens (including phenoxy) is 2. The maximum absolute atomic E-state index is 13.1. The second kappa shape index (κ2) is 11.1. The molecule has 7 nitrogen and oxygen atoms in total. The summed E-state index contributed by atoms with van der Waals surface area (Å²) in [4.78, 5) is 27.8. The van der Waals surface area contributed by atoms with Crippen LogP contribution in [0.3, 0.4) is 0 Å². The lowest BCUT2D eigenvalue weighted by atomic mass is 10.1. The molecule has 31 heavy (non-hydrogen) atoms. The predicted octanol–water partition coefficient (Wildman–Crippen LogP) is 2.21. The maximum atomic E-state index is 13.1. The number of esters is 1. The average molecular weight is 428 g/mol. The van der Waals surface area contributed by atoms with Crippen molar-refractivity contribution in [1.82, 2.24) is 14.8 Å². The van der Waals surface area contributed by atoms with Gasteiger partial charge < -0.3 is 19.4 Å². The number of morpholine rings is 1. The molecular weight excluding hydrogens is 394 g/mol. The van der Waals surface area contributed by atoms with Crippen LogP contribution in [0.1, 0.15) is 34.2 Å². The molecule has 2 heterocycles. The fourth-order valence-corrected chi connectivity index (χ4v) is 4.03. The Kier molecular flexibility index (Phi) is 8.26. The lowest BCUT2D eigenvalue weighted by Gasteiger charge is -2.27. The summed E-state index contributed by atoms with van der Waals surface area (Å²) in [5.74, 6) is -0.694. The van der Waals surface area contributed by atoms with E-state index >= 15 is 0 Å². The number of carbonyl (C=O) groups is 2. The highest BCUT2D eigenvalue weighted by Crippen LogP contribution is 2.18. The van der Waals surface area contributed by atoms with Gasteiger partial charge in [0.1, 0.15) is 6.04 Å². The lowest BCUT2D eigenvalue weighted by molar-refractivity contribution is -0.142. The summed E-state index contributed by atoms with van der Waals surface area (Å²) in [7, 11) is 1.34. The van der Waals surface area contributed by atoms with Gasteiger partial charge in [0.25, 0.3) is 5.91 Å². The topological polar surface area (TPSA) is 72.8 Å². The zero-order chi connectivity index (χ0) is 22.2. The molecule has 1 fully saturated rings. The molecule has 1 aromatic heterocycles.